The number of carbonyl (C=O) groups excluding carboxylic acids is 2. The first kappa shape index (κ1) is 28.9. The highest BCUT2D eigenvalue weighted by molar-refractivity contribution is 6.34. The largest absolute Gasteiger partial charge is 0.573 e. The number of nitrogens with zero attached hydrogens (tertiary/aromatic N) is 2. The van der Waals surface area contributed by atoms with Crippen LogP contribution in [0, 0.1) is 12.3 Å². The van der Waals surface area contributed by atoms with Crippen molar-refractivity contribution in [2.75, 3.05) is 11.9 Å². The SMILES string of the molecule is Cc1cc(OC(F)(F)F)ccc1-n1ncc2c(NC(=O)c3cc(CNC(=O)C(C)(C)CO)ccc3Cl)cccc21. The van der Waals surface area contributed by atoms with Crippen molar-refractivity contribution in [2.24, 2.45) is 5.41 Å². The second kappa shape index (κ2) is 11.2. The van der Waals surface area contributed by atoms with E-state index in [4.69, 9.17) is 11.6 Å². The van der Waals surface area contributed by atoms with Crippen LogP contribution in [0.4, 0.5) is 18.9 Å². The number of hydrogen-bond donors (Lipinski definition) is 3. The van der Waals surface area contributed by atoms with Gasteiger partial charge in [-0.05, 0) is 74.4 Å². The van der Waals surface area contributed by atoms with E-state index in [0.29, 0.717) is 33.4 Å². The lowest BCUT2D eigenvalue weighted by Crippen LogP contribution is -2.38. The van der Waals surface area contributed by atoms with E-state index in [1.165, 1.54) is 18.2 Å². The molecule has 3 aromatic carbocycles. The fourth-order valence-electron chi connectivity index (χ4n) is 3.95. The number of aryl methyl sites for hydroxylation is 1. The number of nitrogens with one attached hydrogen (secondary N) is 2. The number of anilines is 1. The molecule has 12 heteroatoms. The Hall–Kier alpha value is -4.09. The predicted molar refractivity (Wildman–Crippen MR) is 145 cm³/mol. The Bertz CT molecular complexity index is 1580. The van der Waals surface area contributed by atoms with Crippen molar-refractivity contribution in [3.05, 3.63) is 82.5 Å². The van der Waals surface area contributed by atoms with Gasteiger partial charge < -0.3 is 20.5 Å². The summed E-state index contributed by atoms with van der Waals surface area (Å²) in [5.74, 6) is -1.16. The van der Waals surface area contributed by atoms with E-state index in [1.807, 2.05) is 0 Å². The molecule has 0 radical (unpaired) electrons. The van der Waals surface area contributed by atoms with Gasteiger partial charge in [-0.3, -0.25) is 9.59 Å². The molecule has 4 rings (SSSR count). The van der Waals surface area contributed by atoms with Crippen molar-refractivity contribution in [1.29, 1.82) is 0 Å². The van der Waals surface area contributed by atoms with Crippen LogP contribution in [0.3, 0.4) is 0 Å². The normalized spacial score (nSPS) is 11.9. The first-order valence-electron chi connectivity index (χ1n) is 12.1. The van der Waals surface area contributed by atoms with Crippen LogP contribution in [-0.2, 0) is 11.3 Å². The summed E-state index contributed by atoms with van der Waals surface area (Å²) < 4.78 is 43.3. The smallest absolute Gasteiger partial charge is 0.406 e. The monoisotopic (exact) mass is 574 g/mol. The first-order valence-corrected chi connectivity index (χ1v) is 12.5. The van der Waals surface area contributed by atoms with Crippen LogP contribution >= 0.6 is 11.6 Å². The lowest BCUT2D eigenvalue weighted by atomic mass is 9.93. The molecule has 1 heterocycles. The maximum absolute atomic E-state index is 13.2. The number of hydrogen-bond acceptors (Lipinski definition) is 5. The molecule has 1 aromatic heterocycles. The molecule has 210 valence electrons. The molecule has 2 amide bonds. The molecule has 8 nitrogen and oxygen atoms in total. The highest BCUT2D eigenvalue weighted by Crippen LogP contribution is 2.30. The number of alkyl halides is 3. The zero-order valence-corrected chi connectivity index (χ0v) is 22.5. The maximum atomic E-state index is 13.2. The molecule has 4 aromatic rings. The van der Waals surface area contributed by atoms with Crippen LogP contribution in [0.2, 0.25) is 5.02 Å². The minimum atomic E-state index is -4.80. The maximum Gasteiger partial charge on any atom is 0.573 e. The van der Waals surface area contributed by atoms with Crippen LogP contribution in [0.25, 0.3) is 16.6 Å². The molecule has 0 aliphatic heterocycles. The first-order chi connectivity index (χ1) is 18.8. The van der Waals surface area contributed by atoms with E-state index in [1.54, 1.807) is 68.0 Å². The van der Waals surface area contributed by atoms with Crippen molar-refractivity contribution in [1.82, 2.24) is 15.1 Å². The van der Waals surface area contributed by atoms with Gasteiger partial charge in [-0.25, -0.2) is 4.68 Å². The van der Waals surface area contributed by atoms with Gasteiger partial charge in [0.2, 0.25) is 5.91 Å². The van der Waals surface area contributed by atoms with Crippen molar-refractivity contribution in [3.8, 4) is 11.4 Å². The fraction of sp³-hybridized carbons (Fsp3) is 0.250. The number of rotatable bonds is 8. The van der Waals surface area contributed by atoms with E-state index in [0.717, 1.165) is 0 Å². The Morgan fingerprint density at radius 2 is 1.85 bits per heavy atom. The van der Waals surface area contributed by atoms with E-state index in [9.17, 15) is 27.9 Å². The Morgan fingerprint density at radius 1 is 1.10 bits per heavy atom. The molecular weight excluding hydrogens is 549 g/mol. The van der Waals surface area contributed by atoms with Crippen molar-refractivity contribution >= 4 is 40.0 Å². The molecule has 0 spiro atoms. The minimum Gasteiger partial charge on any atom is -0.406 e. The predicted octanol–water partition coefficient (Wildman–Crippen LogP) is 5.77. The second-order valence-electron chi connectivity index (χ2n) is 9.78. The van der Waals surface area contributed by atoms with Gasteiger partial charge in [0.05, 0.1) is 45.7 Å². The number of fused-ring (bicyclic) bond motifs is 1. The Morgan fingerprint density at radius 3 is 2.52 bits per heavy atom. The number of aliphatic hydroxyl groups excluding tert-OH is 1. The molecule has 0 bridgehead atoms. The summed E-state index contributed by atoms with van der Waals surface area (Å²) in [6.45, 7) is 4.69. The van der Waals surface area contributed by atoms with Gasteiger partial charge in [0.25, 0.3) is 5.91 Å². The highest BCUT2D eigenvalue weighted by atomic mass is 35.5. The standard InChI is InChI=1S/C28H26ClF3N4O4/c1-16-11-18(40-28(30,31)32)8-10-23(16)36-24-6-4-5-22(20(24)14-34-36)35-25(38)19-12-17(7-9-21(19)29)13-33-26(39)27(2,3)15-37/h4-12,14,37H,13,15H2,1-3H3,(H,33,39)(H,35,38). The van der Waals surface area contributed by atoms with Crippen LogP contribution in [0.1, 0.15) is 35.3 Å². The average Bonchev–Trinajstić information content (AvgIpc) is 3.32. The molecule has 0 fully saturated rings. The molecule has 40 heavy (non-hydrogen) atoms. The van der Waals surface area contributed by atoms with Crippen LogP contribution < -0.4 is 15.4 Å². The van der Waals surface area contributed by atoms with Gasteiger partial charge in [-0.2, -0.15) is 5.10 Å². The number of benzene rings is 3. The van der Waals surface area contributed by atoms with Gasteiger partial charge in [-0.1, -0.05) is 23.7 Å². The van der Waals surface area contributed by atoms with Gasteiger partial charge in [0.15, 0.2) is 0 Å². The van der Waals surface area contributed by atoms with Gasteiger partial charge in [-0.15, -0.1) is 13.2 Å². The third-order valence-corrected chi connectivity index (χ3v) is 6.56. The molecule has 0 saturated carbocycles. The number of amides is 2. The number of ether oxygens (including phenoxy) is 1. The van der Waals surface area contributed by atoms with Crippen LogP contribution in [0.15, 0.2) is 60.8 Å². The molecule has 0 saturated heterocycles. The molecule has 0 aliphatic carbocycles. The summed E-state index contributed by atoms with van der Waals surface area (Å²) in [5.41, 5.74) is 1.97. The van der Waals surface area contributed by atoms with E-state index in [2.05, 4.69) is 20.5 Å². The summed E-state index contributed by atoms with van der Waals surface area (Å²) in [6, 6.07) is 13.9. The van der Waals surface area contributed by atoms with Crippen molar-refractivity contribution < 1.29 is 32.6 Å². The van der Waals surface area contributed by atoms with Crippen LogP contribution in [-0.4, -0.2) is 39.7 Å². The van der Waals surface area contributed by atoms with E-state index >= 15 is 0 Å². The number of aromatic nitrogens is 2. The molecular formula is C28H26ClF3N4O4. The molecule has 0 atom stereocenters. The summed E-state index contributed by atoms with van der Waals surface area (Å²) in [5, 5.41) is 20.2. The lowest BCUT2D eigenvalue weighted by Gasteiger charge is -2.20. The highest BCUT2D eigenvalue weighted by Gasteiger charge is 2.31. The third kappa shape index (κ3) is 6.37. The Balaban J connectivity index is 1.57. The Kier molecular flexibility index (Phi) is 8.08. The van der Waals surface area contributed by atoms with Gasteiger partial charge in [0, 0.05) is 11.9 Å². The van der Waals surface area contributed by atoms with Crippen molar-refractivity contribution in [2.45, 2.75) is 33.7 Å². The molecule has 3 N–H and O–H groups in total. The summed E-state index contributed by atoms with van der Waals surface area (Å²) >= 11 is 6.31. The van der Waals surface area contributed by atoms with E-state index < -0.39 is 17.7 Å². The summed E-state index contributed by atoms with van der Waals surface area (Å²) in [4.78, 5) is 25.5. The average molecular weight is 575 g/mol. The second-order valence-corrected chi connectivity index (χ2v) is 10.2. The summed E-state index contributed by atoms with van der Waals surface area (Å²) in [6.07, 6.45) is -3.26. The van der Waals surface area contributed by atoms with Crippen LogP contribution in [0.5, 0.6) is 5.75 Å². The van der Waals surface area contributed by atoms with E-state index in [-0.39, 0.29) is 35.4 Å². The zero-order valence-electron chi connectivity index (χ0n) is 21.8. The zero-order chi connectivity index (χ0) is 29.2. The van der Waals surface area contributed by atoms with Gasteiger partial charge >= 0.3 is 6.36 Å². The number of carbonyl (C=O) groups is 2. The van der Waals surface area contributed by atoms with Crippen molar-refractivity contribution in [3.63, 3.8) is 0 Å². The number of halogens is 4. The third-order valence-electron chi connectivity index (χ3n) is 6.23. The molecule has 0 unspecified atom stereocenters. The fourth-order valence-corrected chi connectivity index (χ4v) is 4.16. The quantitative estimate of drug-likeness (QED) is 0.248. The lowest BCUT2D eigenvalue weighted by molar-refractivity contribution is -0.274. The topological polar surface area (TPSA) is 105 Å². The summed E-state index contributed by atoms with van der Waals surface area (Å²) in [7, 11) is 0. The molecule has 0 aliphatic rings. The van der Waals surface area contributed by atoms with Gasteiger partial charge in [0.1, 0.15) is 5.75 Å². The minimum absolute atomic E-state index is 0.133. The Labute approximate surface area is 232 Å². The number of aliphatic hydroxyl groups is 1.